The third-order valence-electron chi connectivity index (χ3n) is 3.18. The van der Waals surface area contributed by atoms with E-state index in [0.717, 1.165) is 11.1 Å². The van der Waals surface area contributed by atoms with Crippen LogP contribution in [0.1, 0.15) is 30.9 Å². The molecule has 0 bridgehead atoms. The third kappa shape index (κ3) is 3.65. The first-order valence-electron chi connectivity index (χ1n) is 6.78. The molecule has 5 heteroatoms. The van der Waals surface area contributed by atoms with Crippen molar-refractivity contribution in [2.45, 2.75) is 26.2 Å². The van der Waals surface area contributed by atoms with Gasteiger partial charge in [-0.25, -0.2) is 0 Å². The molecule has 0 heterocycles. The van der Waals surface area contributed by atoms with Crippen molar-refractivity contribution in [3.8, 4) is 23.3 Å². The number of phenolic OH excluding ortho intramolecular Hbond substituents is 1. The first-order chi connectivity index (χ1) is 10.4. The molecule has 3 nitrogen and oxygen atoms in total. The molecule has 0 fully saturated rings. The first kappa shape index (κ1) is 16.5. The van der Waals surface area contributed by atoms with Crippen molar-refractivity contribution in [1.29, 1.82) is 5.26 Å². The maximum atomic E-state index is 9.84. The van der Waals surface area contributed by atoms with Crippen molar-refractivity contribution >= 4 is 23.2 Å². The second kappa shape index (κ2) is 6.91. The summed E-state index contributed by atoms with van der Waals surface area (Å²) in [4.78, 5) is 0. The maximum Gasteiger partial charge on any atom is 0.164 e. The topological polar surface area (TPSA) is 53.2 Å². The Labute approximate surface area is 139 Å². The van der Waals surface area contributed by atoms with Gasteiger partial charge in [-0.3, -0.25) is 0 Å². The molecule has 0 amide bonds. The van der Waals surface area contributed by atoms with Crippen LogP contribution in [-0.4, -0.2) is 5.11 Å². The van der Waals surface area contributed by atoms with Gasteiger partial charge in [-0.05, 0) is 41.8 Å². The quantitative estimate of drug-likeness (QED) is 0.781. The number of phenols is 1. The van der Waals surface area contributed by atoms with E-state index in [2.05, 4.69) is 0 Å². The zero-order valence-electron chi connectivity index (χ0n) is 12.2. The van der Waals surface area contributed by atoms with Crippen molar-refractivity contribution in [3.05, 3.63) is 51.5 Å². The Morgan fingerprint density at radius 1 is 1.18 bits per heavy atom. The summed E-state index contributed by atoms with van der Waals surface area (Å²) in [6.45, 7) is 3.96. The average molecular weight is 336 g/mol. The molecule has 0 radical (unpaired) electrons. The summed E-state index contributed by atoms with van der Waals surface area (Å²) in [5.41, 5.74) is 1.52. The Hall–Kier alpha value is -1.89. The molecule has 0 atom stereocenters. The Kier molecular flexibility index (Phi) is 5.18. The number of hydrogen-bond donors (Lipinski definition) is 1. The summed E-state index contributed by atoms with van der Waals surface area (Å²) < 4.78 is 5.76. The van der Waals surface area contributed by atoms with Gasteiger partial charge in [0.15, 0.2) is 5.75 Å². The highest BCUT2D eigenvalue weighted by Gasteiger charge is 2.13. The molecular weight excluding hydrogens is 321 g/mol. The monoisotopic (exact) mass is 335 g/mol. The lowest BCUT2D eigenvalue weighted by atomic mass is 10.0. The number of aromatic hydroxyl groups is 1. The predicted octanol–water partition coefficient (Wildman–Crippen LogP) is 5.68. The highest BCUT2D eigenvalue weighted by Crippen LogP contribution is 2.39. The van der Waals surface area contributed by atoms with Crippen LogP contribution in [-0.2, 0) is 6.42 Å². The summed E-state index contributed by atoms with van der Waals surface area (Å²) in [6, 6.07) is 10.4. The van der Waals surface area contributed by atoms with Crippen molar-refractivity contribution < 1.29 is 9.84 Å². The zero-order chi connectivity index (χ0) is 16.3. The minimum Gasteiger partial charge on any atom is -0.508 e. The van der Waals surface area contributed by atoms with Crippen LogP contribution in [0, 0.1) is 11.3 Å². The van der Waals surface area contributed by atoms with Gasteiger partial charge in [-0.15, -0.1) is 0 Å². The molecule has 2 aromatic rings. The molecular formula is C17H15Cl2NO2. The normalized spacial score (nSPS) is 10.5. The zero-order valence-corrected chi connectivity index (χ0v) is 13.7. The molecule has 0 aliphatic heterocycles. The molecule has 1 N–H and O–H groups in total. The van der Waals surface area contributed by atoms with Crippen molar-refractivity contribution in [2.75, 3.05) is 0 Å². The Bertz CT molecular complexity index is 713. The number of hydrogen-bond acceptors (Lipinski definition) is 3. The number of halogens is 2. The second-order valence-corrected chi connectivity index (χ2v) is 6.02. The van der Waals surface area contributed by atoms with Gasteiger partial charge < -0.3 is 9.84 Å². The number of ether oxygens (including phenoxy) is 1. The lowest BCUT2D eigenvalue weighted by molar-refractivity contribution is 0.455. The van der Waals surface area contributed by atoms with E-state index >= 15 is 0 Å². The second-order valence-electron chi connectivity index (χ2n) is 5.20. The SMILES string of the molecule is CC(C)c1cc(Oc2c(Cl)cc(CC#N)cc2Cl)ccc1O. The van der Waals surface area contributed by atoms with E-state index in [9.17, 15) is 5.11 Å². The fourth-order valence-corrected chi connectivity index (χ4v) is 2.69. The highest BCUT2D eigenvalue weighted by molar-refractivity contribution is 6.37. The summed E-state index contributed by atoms with van der Waals surface area (Å²) in [5, 5.41) is 19.2. The molecule has 22 heavy (non-hydrogen) atoms. The molecule has 0 unspecified atom stereocenters. The van der Waals surface area contributed by atoms with Crippen LogP contribution >= 0.6 is 23.2 Å². The summed E-state index contributed by atoms with van der Waals surface area (Å²) in [6.07, 6.45) is 0.233. The lowest BCUT2D eigenvalue weighted by Crippen LogP contribution is -1.93. The van der Waals surface area contributed by atoms with Crippen LogP contribution in [0.4, 0.5) is 0 Å². The van der Waals surface area contributed by atoms with Crippen LogP contribution in [0.5, 0.6) is 17.2 Å². The van der Waals surface area contributed by atoms with Gasteiger partial charge in [-0.1, -0.05) is 37.0 Å². The van der Waals surface area contributed by atoms with E-state index in [1.165, 1.54) is 0 Å². The minimum atomic E-state index is 0.160. The molecule has 0 spiro atoms. The van der Waals surface area contributed by atoms with Gasteiger partial charge in [-0.2, -0.15) is 5.26 Å². The fraction of sp³-hybridized carbons (Fsp3) is 0.235. The molecule has 2 aromatic carbocycles. The summed E-state index contributed by atoms with van der Waals surface area (Å²) >= 11 is 12.4. The first-order valence-corrected chi connectivity index (χ1v) is 7.53. The van der Waals surface area contributed by atoms with Crippen molar-refractivity contribution in [3.63, 3.8) is 0 Å². The van der Waals surface area contributed by atoms with E-state index in [0.29, 0.717) is 21.5 Å². The van der Waals surface area contributed by atoms with Crippen molar-refractivity contribution in [1.82, 2.24) is 0 Å². The fourth-order valence-electron chi connectivity index (χ4n) is 2.08. The number of rotatable bonds is 4. The van der Waals surface area contributed by atoms with E-state index in [4.69, 9.17) is 33.2 Å². The Morgan fingerprint density at radius 3 is 2.36 bits per heavy atom. The largest absolute Gasteiger partial charge is 0.508 e. The molecule has 0 aromatic heterocycles. The molecule has 0 aliphatic rings. The van der Waals surface area contributed by atoms with Gasteiger partial charge in [0.2, 0.25) is 0 Å². The summed E-state index contributed by atoms with van der Waals surface area (Å²) in [5.74, 6) is 1.26. The van der Waals surface area contributed by atoms with Crippen LogP contribution in [0.15, 0.2) is 30.3 Å². The van der Waals surface area contributed by atoms with Gasteiger partial charge in [0.05, 0.1) is 22.5 Å². The van der Waals surface area contributed by atoms with Crippen LogP contribution in [0.25, 0.3) is 0 Å². The minimum absolute atomic E-state index is 0.160. The number of benzene rings is 2. The van der Waals surface area contributed by atoms with Crippen LogP contribution < -0.4 is 4.74 Å². The van der Waals surface area contributed by atoms with E-state index < -0.39 is 0 Å². The Balaban J connectivity index is 2.35. The van der Waals surface area contributed by atoms with E-state index in [1.54, 1.807) is 30.3 Å². The highest BCUT2D eigenvalue weighted by atomic mass is 35.5. The molecule has 114 valence electrons. The van der Waals surface area contributed by atoms with Crippen LogP contribution in [0.2, 0.25) is 10.0 Å². The van der Waals surface area contributed by atoms with Gasteiger partial charge in [0.1, 0.15) is 11.5 Å². The Morgan fingerprint density at radius 2 is 1.82 bits per heavy atom. The maximum absolute atomic E-state index is 9.84. The molecule has 2 rings (SSSR count). The van der Waals surface area contributed by atoms with E-state index in [1.807, 2.05) is 19.9 Å². The van der Waals surface area contributed by atoms with E-state index in [-0.39, 0.29) is 18.1 Å². The number of nitriles is 1. The van der Waals surface area contributed by atoms with Crippen LogP contribution in [0.3, 0.4) is 0 Å². The standard InChI is InChI=1S/C17H15Cl2NO2/c1-10(2)13-9-12(3-4-16(13)21)22-17-14(18)7-11(5-6-20)8-15(17)19/h3-4,7-10,21H,5H2,1-2H3. The average Bonchev–Trinajstić information content (AvgIpc) is 2.44. The van der Waals surface area contributed by atoms with Gasteiger partial charge in [0, 0.05) is 5.56 Å². The number of nitrogens with zero attached hydrogens (tertiary/aromatic N) is 1. The van der Waals surface area contributed by atoms with Crippen molar-refractivity contribution in [2.24, 2.45) is 0 Å². The third-order valence-corrected chi connectivity index (χ3v) is 3.74. The lowest BCUT2D eigenvalue weighted by Gasteiger charge is -2.14. The molecule has 0 saturated carbocycles. The predicted molar refractivity (Wildman–Crippen MR) is 88.0 cm³/mol. The van der Waals surface area contributed by atoms with Gasteiger partial charge >= 0.3 is 0 Å². The summed E-state index contributed by atoms with van der Waals surface area (Å²) in [7, 11) is 0. The smallest absolute Gasteiger partial charge is 0.164 e. The van der Waals surface area contributed by atoms with Gasteiger partial charge in [0.25, 0.3) is 0 Å². The molecule has 0 saturated heterocycles. The molecule has 0 aliphatic carbocycles.